The van der Waals surface area contributed by atoms with Gasteiger partial charge in [0.05, 0.1) is 11.1 Å². The van der Waals surface area contributed by atoms with Crippen LogP contribution < -0.4 is 20.7 Å². The number of hydrogen-bond acceptors (Lipinski definition) is 4. The molecule has 0 fully saturated rings. The zero-order chi connectivity index (χ0) is 22.2. The quantitative estimate of drug-likeness (QED) is 0.406. The highest BCUT2D eigenvalue weighted by molar-refractivity contribution is 9.10. The minimum Gasteiger partial charge on any atom is -0.493 e. The van der Waals surface area contributed by atoms with Crippen molar-refractivity contribution < 1.29 is 14.3 Å². The van der Waals surface area contributed by atoms with E-state index in [1.807, 2.05) is 25.1 Å². The third-order valence-electron chi connectivity index (χ3n) is 4.16. The third-order valence-corrected chi connectivity index (χ3v) is 4.98. The van der Waals surface area contributed by atoms with E-state index in [4.69, 9.17) is 17.0 Å². The first kappa shape index (κ1) is 22.5. The van der Waals surface area contributed by atoms with Crippen LogP contribution >= 0.6 is 28.1 Å². The lowest BCUT2D eigenvalue weighted by atomic mass is 10.2. The van der Waals surface area contributed by atoms with Gasteiger partial charge in [0.2, 0.25) is 0 Å². The number of carbonyl (C=O) groups excluding carboxylic acids is 2. The molecule has 0 spiro atoms. The first-order chi connectivity index (χ1) is 15.0. The van der Waals surface area contributed by atoms with Crippen molar-refractivity contribution in [3.63, 3.8) is 0 Å². The van der Waals surface area contributed by atoms with Crippen molar-refractivity contribution in [2.45, 2.75) is 6.92 Å². The molecule has 0 unspecified atom stereocenters. The first-order valence-corrected chi connectivity index (χ1v) is 10.7. The smallest absolute Gasteiger partial charge is 0.257 e. The number of amides is 2. The normalized spacial score (nSPS) is 10.1. The Morgan fingerprint density at radius 2 is 1.52 bits per heavy atom. The predicted octanol–water partition coefficient (Wildman–Crippen LogP) is 5.23. The molecule has 0 heterocycles. The number of benzene rings is 3. The van der Waals surface area contributed by atoms with Gasteiger partial charge in [0.15, 0.2) is 5.11 Å². The molecule has 3 aromatic carbocycles. The van der Waals surface area contributed by atoms with E-state index in [9.17, 15) is 9.59 Å². The fourth-order valence-electron chi connectivity index (χ4n) is 2.68. The Balaban J connectivity index is 1.55. The van der Waals surface area contributed by atoms with E-state index < -0.39 is 0 Å². The van der Waals surface area contributed by atoms with Gasteiger partial charge in [0.1, 0.15) is 5.75 Å². The lowest BCUT2D eigenvalue weighted by Gasteiger charge is -2.12. The van der Waals surface area contributed by atoms with Crippen LogP contribution in [0.1, 0.15) is 27.6 Å². The Labute approximate surface area is 194 Å². The van der Waals surface area contributed by atoms with E-state index in [0.717, 1.165) is 0 Å². The van der Waals surface area contributed by atoms with Crippen molar-refractivity contribution in [2.24, 2.45) is 0 Å². The maximum atomic E-state index is 12.4. The molecular weight excluding hydrogens is 478 g/mol. The standard InChI is InChI=1S/C23H20BrN3O3S/c1-2-30-20-13-8-16(14-19(20)24)22(29)27-23(31)26-18-11-9-17(10-12-18)25-21(28)15-6-4-3-5-7-15/h3-14H,2H2,1H3,(H,25,28)(H2,26,27,29,31). The number of rotatable bonds is 6. The zero-order valence-electron chi connectivity index (χ0n) is 16.6. The number of nitrogens with one attached hydrogen (secondary N) is 3. The van der Waals surface area contributed by atoms with E-state index in [1.54, 1.807) is 54.6 Å². The molecule has 0 aliphatic heterocycles. The zero-order valence-corrected chi connectivity index (χ0v) is 19.0. The molecule has 8 heteroatoms. The Bertz CT molecular complexity index is 1090. The summed E-state index contributed by atoms with van der Waals surface area (Å²) in [6, 6.07) is 21.0. The van der Waals surface area contributed by atoms with Gasteiger partial charge in [-0.2, -0.15) is 0 Å². The van der Waals surface area contributed by atoms with Gasteiger partial charge in [-0.15, -0.1) is 0 Å². The molecule has 158 valence electrons. The highest BCUT2D eigenvalue weighted by Crippen LogP contribution is 2.26. The molecule has 0 bridgehead atoms. The van der Waals surface area contributed by atoms with Crippen molar-refractivity contribution in [1.29, 1.82) is 0 Å². The van der Waals surface area contributed by atoms with Crippen molar-refractivity contribution in [3.05, 3.63) is 88.4 Å². The minimum atomic E-state index is -0.340. The molecule has 0 aliphatic rings. The van der Waals surface area contributed by atoms with Gasteiger partial charge in [-0.1, -0.05) is 18.2 Å². The third kappa shape index (κ3) is 6.37. The van der Waals surface area contributed by atoms with Crippen LogP contribution in [0.5, 0.6) is 5.75 Å². The second-order valence-electron chi connectivity index (χ2n) is 6.38. The van der Waals surface area contributed by atoms with Crippen molar-refractivity contribution >= 4 is 56.4 Å². The van der Waals surface area contributed by atoms with Gasteiger partial charge in [0, 0.05) is 22.5 Å². The lowest BCUT2D eigenvalue weighted by molar-refractivity contribution is 0.0976. The van der Waals surface area contributed by atoms with Crippen LogP contribution in [0.25, 0.3) is 0 Å². The van der Waals surface area contributed by atoms with Crippen molar-refractivity contribution in [2.75, 3.05) is 17.2 Å². The molecule has 3 rings (SSSR count). The number of anilines is 2. The van der Waals surface area contributed by atoms with Crippen molar-refractivity contribution in [1.82, 2.24) is 5.32 Å². The van der Waals surface area contributed by atoms with Gasteiger partial charge in [0.25, 0.3) is 11.8 Å². The highest BCUT2D eigenvalue weighted by Gasteiger charge is 2.11. The van der Waals surface area contributed by atoms with Gasteiger partial charge in [-0.05, 0) is 89.7 Å². The van der Waals surface area contributed by atoms with E-state index >= 15 is 0 Å². The summed E-state index contributed by atoms with van der Waals surface area (Å²) in [6.45, 7) is 2.42. The average molecular weight is 498 g/mol. The summed E-state index contributed by atoms with van der Waals surface area (Å²) in [5.41, 5.74) is 2.34. The minimum absolute atomic E-state index is 0.163. The average Bonchev–Trinajstić information content (AvgIpc) is 2.77. The monoisotopic (exact) mass is 497 g/mol. The topological polar surface area (TPSA) is 79.5 Å². The Kier molecular flexibility index (Phi) is 7.75. The number of halogens is 1. The fraction of sp³-hybridized carbons (Fsp3) is 0.0870. The summed E-state index contributed by atoms with van der Waals surface area (Å²) >= 11 is 8.62. The molecule has 0 aromatic heterocycles. The molecule has 0 radical (unpaired) electrons. The molecule has 0 saturated heterocycles. The summed E-state index contributed by atoms with van der Waals surface area (Å²) in [6.07, 6.45) is 0. The predicted molar refractivity (Wildman–Crippen MR) is 130 cm³/mol. The molecule has 2 amide bonds. The number of hydrogen-bond donors (Lipinski definition) is 3. The van der Waals surface area contributed by atoms with E-state index in [2.05, 4.69) is 31.9 Å². The Morgan fingerprint density at radius 3 is 2.13 bits per heavy atom. The van der Waals surface area contributed by atoms with Crippen LogP contribution in [0.2, 0.25) is 0 Å². The van der Waals surface area contributed by atoms with Crippen LogP contribution in [0.3, 0.4) is 0 Å². The number of thiocarbonyl (C=S) groups is 1. The maximum absolute atomic E-state index is 12.4. The highest BCUT2D eigenvalue weighted by atomic mass is 79.9. The molecule has 3 aromatic rings. The van der Waals surface area contributed by atoms with Crippen LogP contribution in [0.4, 0.5) is 11.4 Å². The van der Waals surface area contributed by atoms with Crippen LogP contribution in [-0.2, 0) is 0 Å². The molecule has 0 atom stereocenters. The summed E-state index contributed by atoms with van der Waals surface area (Å²) in [5.74, 6) is 0.137. The van der Waals surface area contributed by atoms with Crippen LogP contribution in [-0.4, -0.2) is 23.5 Å². The van der Waals surface area contributed by atoms with E-state index in [-0.39, 0.29) is 16.9 Å². The Morgan fingerprint density at radius 1 is 0.871 bits per heavy atom. The number of carbonyl (C=O) groups is 2. The molecule has 0 aliphatic carbocycles. The largest absolute Gasteiger partial charge is 0.493 e. The number of ether oxygens (including phenoxy) is 1. The van der Waals surface area contributed by atoms with Gasteiger partial charge < -0.3 is 15.4 Å². The summed E-state index contributed by atoms with van der Waals surface area (Å²) in [5, 5.41) is 8.58. The molecular formula is C23H20BrN3O3S. The van der Waals surface area contributed by atoms with E-state index in [0.29, 0.717) is 39.3 Å². The lowest BCUT2D eigenvalue weighted by Crippen LogP contribution is -2.34. The van der Waals surface area contributed by atoms with Crippen molar-refractivity contribution in [3.8, 4) is 5.75 Å². The molecule has 0 saturated carbocycles. The van der Waals surface area contributed by atoms with Crippen LogP contribution in [0, 0.1) is 0 Å². The summed E-state index contributed by atoms with van der Waals surface area (Å²) in [7, 11) is 0. The fourth-order valence-corrected chi connectivity index (χ4v) is 3.39. The Hall–Kier alpha value is -3.23. The van der Waals surface area contributed by atoms with Crippen LogP contribution in [0.15, 0.2) is 77.3 Å². The maximum Gasteiger partial charge on any atom is 0.257 e. The first-order valence-electron chi connectivity index (χ1n) is 9.47. The summed E-state index contributed by atoms with van der Waals surface area (Å²) < 4.78 is 6.14. The second-order valence-corrected chi connectivity index (χ2v) is 7.65. The SMILES string of the molecule is CCOc1ccc(C(=O)NC(=S)Nc2ccc(NC(=O)c3ccccc3)cc2)cc1Br. The van der Waals surface area contributed by atoms with E-state index in [1.165, 1.54) is 0 Å². The van der Waals surface area contributed by atoms with Gasteiger partial charge >= 0.3 is 0 Å². The van der Waals surface area contributed by atoms with Gasteiger partial charge in [-0.25, -0.2) is 0 Å². The second kappa shape index (κ2) is 10.7. The summed E-state index contributed by atoms with van der Waals surface area (Å²) in [4.78, 5) is 24.6. The molecule has 3 N–H and O–H groups in total. The van der Waals surface area contributed by atoms with Gasteiger partial charge in [-0.3, -0.25) is 14.9 Å². The molecule has 31 heavy (non-hydrogen) atoms. The molecule has 6 nitrogen and oxygen atoms in total.